The first kappa shape index (κ1) is 22.5. The Morgan fingerprint density at radius 2 is 1.71 bits per heavy atom. The van der Waals surface area contributed by atoms with Gasteiger partial charge in [0.25, 0.3) is 5.91 Å². The number of carbonyl (C=O) groups excluding carboxylic acids is 2. The van der Waals surface area contributed by atoms with Crippen LogP contribution in [-0.2, 0) is 21.2 Å². The zero-order valence-corrected chi connectivity index (χ0v) is 18.5. The lowest BCUT2D eigenvalue weighted by Gasteiger charge is -2.08. The number of hydrogen-bond donors (Lipinski definition) is 2. The summed E-state index contributed by atoms with van der Waals surface area (Å²) in [5.41, 5.74) is 1.88. The third-order valence-corrected chi connectivity index (χ3v) is 7.65. The van der Waals surface area contributed by atoms with Crippen molar-refractivity contribution in [3.8, 4) is 5.75 Å². The van der Waals surface area contributed by atoms with E-state index in [4.69, 9.17) is 4.74 Å². The summed E-state index contributed by atoms with van der Waals surface area (Å²) in [6, 6.07) is 17.0. The van der Waals surface area contributed by atoms with Gasteiger partial charge in [0.15, 0.2) is 9.84 Å². The fourth-order valence-corrected chi connectivity index (χ4v) is 5.12. The summed E-state index contributed by atoms with van der Waals surface area (Å²) >= 11 is 1.13. The molecule has 31 heavy (non-hydrogen) atoms. The van der Waals surface area contributed by atoms with Crippen LogP contribution in [-0.4, -0.2) is 33.1 Å². The average Bonchev–Trinajstić information content (AvgIpc) is 3.33. The molecule has 0 bridgehead atoms. The maximum atomic E-state index is 12.3. The van der Waals surface area contributed by atoms with Crippen LogP contribution in [0.25, 0.3) is 0 Å². The summed E-state index contributed by atoms with van der Waals surface area (Å²) in [6.07, 6.45) is -0.148. The molecule has 1 heterocycles. The third-order valence-electron chi connectivity index (χ3n) is 4.44. The van der Waals surface area contributed by atoms with Crippen molar-refractivity contribution in [1.29, 1.82) is 0 Å². The lowest BCUT2D eigenvalue weighted by Crippen LogP contribution is -2.22. The van der Waals surface area contributed by atoms with Gasteiger partial charge in [0.1, 0.15) is 9.96 Å². The second kappa shape index (κ2) is 10.2. The zero-order valence-electron chi connectivity index (χ0n) is 16.8. The molecule has 3 rings (SSSR count). The minimum absolute atomic E-state index is 0.148. The SMILES string of the molecule is COc1ccc(CNC(=O)c2ccc(NC(=O)CCS(=O)(=O)c3cccs3)cc2)cc1. The number of nitrogens with one attached hydrogen (secondary N) is 2. The van der Waals surface area contributed by atoms with E-state index in [9.17, 15) is 18.0 Å². The number of carbonyl (C=O) groups is 2. The lowest BCUT2D eigenvalue weighted by molar-refractivity contribution is -0.115. The molecule has 0 aliphatic rings. The summed E-state index contributed by atoms with van der Waals surface area (Å²) in [6.45, 7) is 0.375. The van der Waals surface area contributed by atoms with Gasteiger partial charge in [-0.15, -0.1) is 11.3 Å². The monoisotopic (exact) mass is 458 g/mol. The molecule has 0 aliphatic carbocycles. The molecule has 9 heteroatoms. The number of anilines is 1. The summed E-state index contributed by atoms with van der Waals surface area (Å²) < 4.78 is 29.7. The number of hydrogen-bond acceptors (Lipinski definition) is 6. The molecule has 0 atom stereocenters. The zero-order chi connectivity index (χ0) is 22.3. The Bertz CT molecular complexity index is 1120. The maximum Gasteiger partial charge on any atom is 0.251 e. The first-order chi connectivity index (χ1) is 14.9. The first-order valence-corrected chi connectivity index (χ1v) is 12.0. The maximum absolute atomic E-state index is 12.3. The van der Waals surface area contributed by atoms with Crippen LogP contribution in [0.1, 0.15) is 22.3 Å². The van der Waals surface area contributed by atoms with Crippen molar-refractivity contribution in [1.82, 2.24) is 5.32 Å². The fraction of sp³-hybridized carbons (Fsp3) is 0.182. The van der Waals surface area contributed by atoms with Gasteiger partial charge in [-0.25, -0.2) is 8.42 Å². The minimum Gasteiger partial charge on any atom is -0.497 e. The fourth-order valence-electron chi connectivity index (χ4n) is 2.72. The molecule has 0 saturated heterocycles. The van der Waals surface area contributed by atoms with E-state index in [2.05, 4.69) is 10.6 Å². The largest absolute Gasteiger partial charge is 0.497 e. The molecule has 7 nitrogen and oxygen atoms in total. The summed E-state index contributed by atoms with van der Waals surface area (Å²) in [5.74, 6) is -0.157. The van der Waals surface area contributed by atoms with Gasteiger partial charge in [-0.2, -0.15) is 0 Å². The van der Waals surface area contributed by atoms with E-state index in [0.717, 1.165) is 22.6 Å². The van der Waals surface area contributed by atoms with Crippen molar-refractivity contribution in [2.45, 2.75) is 17.2 Å². The van der Waals surface area contributed by atoms with Crippen LogP contribution >= 0.6 is 11.3 Å². The second-order valence-corrected chi connectivity index (χ2v) is 9.94. The van der Waals surface area contributed by atoms with Gasteiger partial charge in [0.05, 0.1) is 12.9 Å². The normalized spacial score (nSPS) is 11.0. The van der Waals surface area contributed by atoms with Crippen molar-refractivity contribution < 1.29 is 22.7 Å². The highest BCUT2D eigenvalue weighted by Crippen LogP contribution is 2.18. The van der Waals surface area contributed by atoms with Crippen LogP contribution in [0.5, 0.6) is 5.75 Å². The first-order valence-electron chi connectivity index (χ1n) is 9.45. The van der Waals surface area contributed by atoms with E-state index in [0.29, 0.717) is 17.8 Å². The number of ether oxygens (including phenoxy) is 1. The molecule has 0 spiro atoms. The van der Waals surface area contributed by atoms with Gasteiger partial charge in [0, 0.05) is 24.2 Å². The van der Waals surface area contributed by atoms with Gasteiger partial charge < -0.3 is 15.4 Å². The Kier molecular flexibility index (Phi) is 7.43. The number of thiophene rings is 1. The van der Waals surface area contributed by atoms with E-state index >= 15 is 0 Å². The standard InChI is InChI=1S/C22H22N2O5S2/c1-29-19-10-4-16(5-11-19)15-23-22(26)17-6-8-18(9-7-17)24-20(25)12-14-31(27,28)21-3-2-13-30-21/h2-11,13H,12,14-15H2,1H3,(H,23,26)(H,24,25). The van der Waals surface area contributed by atoms with Crippen molar-refractivity contribution in [3.05, 3.63) is 77.2 Å². The molecule has 2 amide bonds. The molecule has 0 unspecified atom stereocenters. The van der Waals surface area contributed by atoms with Gasteiger partial charge in [-0.3, -0.25) is 9.59 Å². The predicted molar refractivity (Wildman–Crippen MR) is 120 cm³/mol. The molecular weight excluding hydrogens is 436 g/mol. The van der Waals surface area contributed by atoms with Crippen LogP contribution < -0.4 is 15.4 Å². The number of amides is 2. The number of rotatable bonds is 9. The molecule has 0 fully saturated rings. The molecule has 1 aromatic heterocycles. The van der Waals surface area contributed by atoms with Crippen molar-refractivity contribution in [2.24, 2.45) is 0 Å². The lowest BCUT2D eigenvalue weighted by atomic mass is 10.1. The number of benzene rings is 2. The molecular formula is C22H22N2O5S2. The van der Waals surface area contributed by atoms with Gasteiger partial charge in [0.2, 0.25) is 5.91 Å². The van der Waals surface area contributed by atoms with Crippen LogP contribution in [0.3, 0.4) is 0 Å². The molecule has 0 aliphatic heterocycles. The van der Waals surface area contributed by atoms with Crippen molar-refractivity contribution in [3.63, 3.8) is 0 Å². The Hall–Kier alpha value is -3.17. The second-order valence-electron chi connectivity index (χ2n) is 6.66. The summed E-state index contributed by atoms with van der Waals surface area (Å²) in [7, 11) is -1.86. The van der Waals surface area contributed by atoms with Crippen molar-refractivity contribution >= 4 is 38.7 Å². The van der Waals surface area contributed by atoms with E-state index in [-0.39, 0.29) is 22.3 Å². The van der Waals surface area contributed by atoms with Gasteiger partial charge in [-0.1, -0.05) is 18.2 Å². The topological polar surface area (TPSA) is 102 Å². The molecule has 0 radical (unpaired) electrons. The Morgan fingerprint density at radius 3 is 2.32 bits per heavy atom. The van der Waals surface area contributed by atoms with E-state index in [1.165, 1.54) is 6.07 Å². The van der Waals surface area contributed by atoms with E-state index in [1.807, 2.05) is 24.3 Å². The van der Waals surface area contributed by atoms with Crippen LogP contribution in [0.4, 0.5) is 5.69 Å². The van der Waals surface area contributed by atoms with Gasteiger partial charge in [-0.05, 0) is 53.4 Å². The number of methoxy groups -OCH3 is 1. The van der Waals surface area contributed by atoms with Crippen LogP contribution in [0.15, 0.2) is 70.3 Å². The van der Waals surface area contributed by atoms with Gasteiger partial charge >= 0.3 is 0 Å². The quantitative estimate of drug-likeness (QED) is 0.511. The average molecular weight is 459 g/mol. The third kappa shape index (κ3) is 6.40. The highest BCUT2D eigenvalue weighted by atomic mass is 32.2. The molecule has 2 aromatic carbocycles. The highest BCUT2D eigenvalue weighted by Gasteiger charge is 2.17. The summed E-state index contributed by atoms with van der Waals surface area (Å²) in [5, 5.41) is 7.16. The minimum atomic E-state index is -3.46. The molecule has 0 saturated carbocycles. The van der Waals surface area contributed by atoms with Crippen LogP contribution in [0.2, 0.25) is 0 Å². The van der Waals surface area contributed by atoms with Crippen LogP contribution in [0, 0.1) is 0 Å². The molecule has 2 N–H and O–H groups in total. The molecule has 3 aromatic rings. The molecule has 162 valence electrons. The Labute approximate surface area is 185 Å². The summed E-state index contributed by atoms with van der Waals surface area (Å²) in [4.78, 5) is 24.4. The Balaban J connectivity index is 1.48. The smallest absolute Gasteiger partial charge is 0.251 e. The Morgan fingerprint density at radius 1 is 1.00 bits per heavy atom. The number of sulfone groups is 1. The van der Waals surface area contributed by atoms with E-state index < -0.39 is 15.7 Å². The highest BCUT2D eigenvalue weighted by molar-refractivity contribution is 7.93. The van der Waals surface area contributed by atoms with Crippen molar-refractivity contribution in [2.75, 3.05) is 18.2 Å². The van der Waals surface area contributed by atoms with E-state index in [1.54, 1.807) is 42.8 Å². The predicted octanol–water partition coefficient (Wildman–Crippen LogP) is 3.49.